The van der Waals surface area contributed by atoms with Gasteiger partial charge in [0.05, 0.1) is 12.4 Å². The molecule has 1 aliphatic heterocycles. The van der Waals surface area contributed by atoms with Gasteiger partial charge in [-0.15, -0.1) is 0 Å². The third kappa shape index (κ3) is 3.77. The zero-order valence-corrected chi connectivity index (χ0v) is 21.3. The molecule has 1 aliphatic rings. The van der Waals surface area contributed by atoms with Gasteiger partial charge in [-0.05, 0) is 69.7 Å². The van der Waals surface area contributed by atoms with Crippen molar-refractivity contribution in [3.63, 3.8) is 0 Å². The minimum atomic E-state index is -3.49. The van der Waals surface area contributed by atoms with Crippen molar-refractivity contribution in [1.29, 1.82) is 0 Å². The highest BCUT2D eigenvalue weighted by Gasteiger charge is 2.63. The molecular formula is C27H28ClN2O3P. The molecule has 0 saturated carbocycles. The van der Waals surface area contributed by atoms with Gasteiger partial charge in [0.25, 0.3) is 0 Å². The summed E-state index contributed by atoms with van der Waals surface area (Å²) in [5, 5.41) is 1.80. The van der Waals surface area contributed by atoms with Gasteiger partial charge in [-0.1, -0.05) is 60.1 Å². The second-order valence-electron chi connectivity index (χ2n) is 8.95. The maximum Gasteiger partial charge on any atom is 0.336 e. The summed E-state index contributed by atoms with van der Waals surface area (Å²) >= 11 is 6.39. The predicted octanol–water partition coefficient (Wildman–Crippen LogP) is 5.54. The summed E-state index contributed by atoms with van der Waals surface area (Å²) in [5.74, 6) is -0.489. The van der Waals surface area contributed by atoms with E-state index in [-0.39, 0.29) is 6.10 Å². The van der Waals surface area contributed by atoms with Gasteiger partial charge in [0.2, 0.25) is 7.29 Å². The molecule has 3 aromatic rings. The molecule has 4 rings (SSSR count). The molecular weight excluding hydrogens is 467 g/mol. The SMILES string of the molecule is CC(C)OC(=O)[C@]1(C)N=CN(P(=O)(c2ccccc2)c2ccccc2)[C@@]1(C)c1cccc(Cl)c1. The zero-order chi connectivity index (χ0) is 24.6. The van der Waals surface area contributed by atoms with Crippen molar-refractivity contribution < 1.29 is 14.1 Å². The number of halogens is 1. The van der Waals surface area contributed by atoms with E-state index in [2.05, 4.69) is 4.99 Å². The summed E-state index contributed by atoms with van der Waals surface area (Å²) in [6, 6.07) is 25.9. The van der Waals surface area contributed by atoms with Gasteiger partial charge >= 0.3 is 5.97 Å². The van der Waals surface area contributed by atoms with Crippen molar-refractivity contribution in [2.24, 2.45) is 4.99 Å². The van der Waals surface area contributed by atoms with Crippen LogP contribution in [-0.4, -0.2) is 28.6 Å². The summed E-state index contributed by atoms with van der Waals surface area (Å²) < 4.78 is 22.7. The van der Waals surface area contributed by atoms with Gasteiger partial charge in [-0.25, -0.2) is 4.79 Å². The minimum absolute atomic E-state index is 0.327. The quantitative estimate of drug-likeness (QED) is 0.333. The lowest BCUT2D eigenvalue weighted by atomic mass is 9.75. The molecule has 1 heterocycles. The number of ether oxygens (including phenoxy) is 1. The lowest BCUT2D eigenvalue weighted by Gasteiger charge is -2.47. The second kappa shape index (κ2) is 9.05. The van der Waals surface area contributed by atoms with E-state index in [4.69, 9.17) is 16.3 Å². The first-order valence-electron chi connectivity index (χ1n) is 11.2. The van der Waals surface area contributed by atoms with Crippen molar-refractivity contribution in [2.45, 2.75) is 44.9 Å². The first-order chi connectivity index (χ1) is 16.1. The van der Waals surface area contributed by atoms with Gasteiger partial charge < -0.3 is 4.74 Å². The summed E-state index contributed by atoms with van der Waals surface area (Å²) in [6.07, 6.45) is 1.22. The largest absolute Gasteiger partial charge is 0.461 e. The molecule has 2 atom stereocenters. The Labute approximate surface area is 205 Å². The van der Waals surface area contributed by atoms with Crippen molar-refractivity contribution in [2.75, 3.05) is 0 Å². The van der Waals surface area contributed by atoms with E-state index in [1.807, 2.05) is 79.7 Å². The molecule has 0 unspecified atom stereocenters. The number of carbonyl (C=O) groups is 1. The molecule has 176 valence electrons. The molecule has 0 spiro atoms. The standard InChI is InChI=1S/C27H28ClN2O3P/c1-20(2)33-25(31)26(3)27(4,21-12-11-13-22(28)18-21)30(19-29-26)34(32,23-14-7-5-8-15-23)24-16-9-6-10-17-24/h5-20H,1-4H3/t26-,27-/m0/s1. The Balaban J connectivity index is 2.01. The molecule has 0 amide bonds. The number of hydrogen-bond donors (Lipinski definition) is 0. The van der Waals surface area contributed by atoms with Crippen molar-refractivity contribution in [3.8, 4) is 0 Å². The third-order valence-corrected chi connectivity index (χ3v) is 9.82. The summed E-state index contributed by atoms with van der Waals surface area (Å²) in [5.41, 5.74) is -1.82. The Morgan fingerprint density at radius 2 is 1.50 bits per heavy atom. The number of carbonyl (C=O) groups excluding carboxylic acids is 1. The highest BCUT2D eigenvalue weighted by molar-refractivity contribution is 7.77. The first-order valence-corrected chi connectivity index (χ1v) is 13.2. The molecule has 0 aromatic heterocycles. The van der Waals surface area contributed by atoms with Crippen LogP contribution in [0.2, 0.25) is 5.02 Å². The molecule has 3 aromatic carbocycles. The molecule has 0 aliphatic carbocycles. The fourth-order valence-electron chi connectivity index (χ4n) is 4.43. The summed E-state index contributed by atoms with van der Waals surface area (Å²) in [4.78, 5) is 18.2. The fourth-order valence-corrected chi connectivity index (χ4v) is 7.64. The lowest BCUT2D eigenvalue weighted by Crippen LogP contribution is -2.57. The number of hydrogen-bond acceptors (Lipinski definition) is 4. The van der Waals surface area contributed by atoms with Crippen LogP contribution in [0.4, 0.5) is 0 Å². The van der Waals surface area contributed by atoms with Crippen LogP contribution in [0, 0.1) is 0 Å². The Hall–Kier alpha value is -2.88. The number of benzene rings is 3. The van der Waals surface area contributed by atoms with Crippen LogP contribution in [-0.2, 0) is 19.6 Å². The van der Waals surface area contributed by atoms with Gasteiger partial charge in [-0.2, -0.15) is 0 Å². The van der Waals surface area contributed by atoms with Gasteiger partial charge in [0.15, 0.2) is 5.54 Å². The minimum Gasteiger partial charge on any atom is -0.461 e. The van der Waals surface area contributed by atoms with Crippen LogP contribution in [0.3, 0.4) is 0 Å². The number of esters is 1. The van der Waals surface area contributed by atoms with Crippen LogP contribution < -0.4 is 10.6 Å². The molecule has 0 radical (unpaired) electrons. The average Bonchev–Trinajstić information content (AvgIpc) is 3.12. The Morgan fingerprint density at radius 3 is 2.00 bits per heavy atom. The van der Waals surface area contributed by atoms with Crippen LogP contribution in [0.5, 0.6) is 0 Å². The number of aliphatic imine (C=N–C) groups is 1. The Bertz CT molecular complexity index is 1220. The Morgan fingerprint density at radius 1 is 0.941 bits per heavy atom. The second-order valence-corrected chi connectivity index (χ2v) is 12.0. The highest BCUT2D eigenvalue weighted by Crippen LogP contribution is 2.59. The number of nitrogens with zero attached hydrogens (tertiary/aromatic N) is 2. The topological polar surface area (TPSA) is 59.0 Å². The molecule has 0 bridgehead atoms. The van der Waals surface area contributed by atoms with Crippen molar-refractivity contribution >= 4 is 41.8 Å². The average molecular weight is 495 g/mol. The van der Waals surface area contributed by atoms with Gasteiger partial charge in [0.1, 0.15) is 5.54 Å². The van der Waals surface area contributed by atoms with E-state index >= 15 is 4.57 Å². The van der Waals surface area contributed by atoms with Crippen LogP contribution in [0.1, 0.15) is 33.3 Å². The fraction of sp³-hybridized carbons (Fsp3) is 0.259. The maximum atomic E-state index is 15.3. The van der Waals surface area contributed by atoms with E-state index in [0.29, 0.717) is 21.2 Å². The molecule has 0 N–H and O–H groups in total. The molecule has 0 saturated heterocycles. The lowest BCUT2D eigenvalue weighted by molar-refractivity contribution is -0.156. The van der Waals surface area contributed by atoms with E-state index in [1.54, 1.807) is 43.9 Å². The monoisotopic (exact) mass is 494 g/mol. The van der Waals surface area contributed by atoms with E-state index in [1.165, 1.54) is 0 Å². The maximum absolute atomic E-state index is 15.3. The predicted molar refractivity (Wildman–Crippen MR) is 139 cm³/mol. The third-order valence-electron chi connectivity index (χ3n) is 6.47. The highest BCUT2D eigenvalue weighted by atomic mass is 35.5. The van der Waals surface area contributed by atoms with Gasteiger partial charge in [-0.3, -0.25) is 14.2 Å². The zero-order valence-electron chi connectivity index (χ0n) is 19.7. The van der Waals surface area contributed by atoms with E-state index < -0.39 is 24.3 Å². The van der Waals surface area contributed by atoms with Gasteiger partial charge in [0, 0.05) is 15.6 Å². The Kier molecular flexibility index (Phi) is 6.46. The van der Waals surface area contributed by atoms with Crippen LogP contribution in [0.25, 0.3) is 0 Å². The van der Waals surface area contributed by atoms with E-state index in [9.17, 15) is 4.79 Å². The normalized spacial score (nSPS) is 22.2. The molecule has 5 nitrogen and oxygen atoms in total. The number of rotatable bonds is 6. The first kappa shape index (κ1) is 24.3. The van der Waals surface area contributed by atoms with Crippen LogP contribution >= 0.6 is 18.9 Å². The molecule has 0 fully saturated rings. The smallest absolute Gasteiger partial charge is 0.336 e. The van der Waals surface area contributed by atoms with Crippen molar-refractivity contribution in [3.05, 3.63) is 95.5 Å². The molecule has 34 heavy (non-hydrogen) atoms. The van der Waals surface area contributed by atoms with E-state index in [0.717, 1.165) is 0 Å². The summed E-state index contributed by atoms with van der Waals surface area (Å²) in [7, 11) is -3.49. The van der Waals surface area contributed by atoms with Crippen LogP contribution in [0.15, 0.2) is 89.9 Å². The van der Waals surface area contributed by atoms with Crippen molar-refractivity contribution in [1.82, 2.24) is 4.67 Å². The molecule has 7 heteroatoms. The summed E-state index contributed by atoms with van der Waals surface area (Å²) in [6.45, 7) is 7.21.